The van der Waals surface area contributed by atoms with Crippen LogP contribution in [0.1, 0.15) is 20.7 Å². The van der Waals surface area contributed by atoms with Gasteiger partial charge >= 0.3 is 0 Å². The van der Waals surface area contributed by atoms with Crippen molar-refractivity contribution in [1.82, 2.24) is 9.80 Å². The molecule has 1 aliphatic rings. The van der Waals surface area contributed by atoms with E-state index in [0.717, 1.165) is 0 Å². The van der Waals surface area contributed by atoms with Crippen LogP contribution < -0.4 is 5.73 Å². The number of hydrogen-bond donors (Lipinski definition) is 2. The van der Waals surface area contributed by atoms with E-state index in [9.17, 15) is 14.7 Å². The fraction of sp³-hybridized carbons (Fsp3) is 0.222. The van der Waals surface area contributed by atoms with Crippen LogP contribution in [-0.4, -0.2) is 52.9 Å². The van der Waals surface area contributed by atoms with Crippen molar-refractivity contribution in [1.29, 1.82) is 0 Å². The summed E-state index contributed by atoms with van der Waals surface area (Å²) in [5.41, 5.74) is 6.66. The van der Waals surface area contributed by atoms with E-state index < -0.39 is 0 Å². The number of nitrogens with zero attached hydrogens (tertiary/aromatic N) is 2. The summed E-state index contributed by atoms with van der Waals surface area (Å²) >= 11 is 0. The third kappa shape index (κ3) is 3.03. The number of carbonyl (C=O) groups excluding carboxylic acids is 2. The number of hydrogen-bond acceptors (Lipinski definition) is 4. The zero-order chi connectivity index (χ0) is 17.1. The minimum atomic E-state index is -0.272. The summed E-state index contributed by atoms with van der Waals surface area (Å²) in [5.74, 6) is -0.494. The smallest absolute Gasteiger partial charge is 0.257 e. The third-order valence-electron chi connectivity index (χ3n) is 4.17. The first-order valence-electron chi connectivity index (χ1n) is 7.79. The van der Waals surface area contributed by atoms with Gasteiger partial charge in [-0.3, -0.25) is 9.59 Å². The Hall–Kier alpha value is -3.02. The number of phenolic OH excluding ortho intramolecular Hbond substituents is 1. The standard InChI is InChI=1S/C18H19N3O3/c19-15-8-4-7-14(16(15)22)18(24)21-11-9-20(10-12-21)17(23)13-5-2-1-3-6-13/h1-8,22H,9-12,19H2. The molecule has 2 aromatic rings. The molecular formula is C18H19N3O3. The number of benzene rings is 2. The van der Waals surface area contributed by atoms with Gasteiger partial charge in [-0.15, -0.1) is 0 Å². The molecule has 3 rings (SSSR count). The van der Waals surface area contributed by atoms with Gasteiger partial charge in [0.1, 0.15) is 0 Å². The number of amides is 2. The molecule has 6 nitrogen and oxygen atoms in total. The minimum absolute atomic E-state index is 0.0329. The molecule has 3 N–H and O–H groups in total. The number of piperazine rings is 1. The lowest BCUT2D eigenvalue weighted by Crippen LogP contribution is -2.50. The molecule has 0 atom stereocenters. The molecule has 24 heavy (non-hydrogen) atoms. The first kappa shape index (κ1) is 15.9. The van der Waals surface area contributed by atoms with Gasteiger partial charge in [0, 0.05) is 31.7 Å². The van der Waals surface area contributed by atoms with Gasteiger partial charge in [-0.05, 0) is 24.3 Å². The number of phenols is 1. The van der Waals surface area contributed by atoms with E-state index in [1.807, 2.05) is 18.2 Å². The van der Waals surface area contributed by atoms with E-state index in [0.29, 0.717) is 31.7 Å². The van der Waals surface area contributed by atoms with Crippen molar-refractivity contribution < 1.29 is 14.7 Å². The third-order valence-corrected chi connectivity index (χ3v) is 4.17. The molecule has 6 heteroatoms. The number of carbonyl (C=O) groups is 2. The molecule has 0 radical (unpaired) electrons. The Balaban J connectivity index is 1.66. The highest BCUT2D eigenvalue weighted by molar-refractivity contribution is 5.99. The number of rotatable bonds is 2. The Morgan fingerprint density at radius 1 is 0.833 bits per heavy atom. The van der Waals surface area contributed by atoms with Crippen LogP contribution in [0.5, 0.6) is 5.75 Å². The monoisotopic (exact) mass is 325 g/mol. The topological polar surface area (TPSA) is 86.9 Å². The number of nitrogen functional groups attached to an aromatic ring is 1. The Labute approximate surface area is 140 Å². The molecule has 1 saturated heterocycles. The van der Waals surface area contributed by atoms with E-state index in [-0.39, 0.29) is 28.8 Å². The van der Waals surface area contributed by atoms with Crippen LogP contribution in [0.15, 0.2) is 48.5 Å². The van der Waals surface area contributed by atoms with Gasteiger partial charge in [0.2, 0.25) is 0 Å². The van der Waals surface area contributed by atoms with Gasteiger partial charge < -0.3 is 20.6 Å². The Kier molecular flexibility index (Phi) is 4.37. The van der Waals surface area contributed by atoms with Crippen molar-refractivity contribution >= 4 is 17.5 Å². The van der Waals surface area contributed by atoms with Gasteiger partial charge in [0.25, 0.3) is 11.8 Å². The summed E-state index contributed by atoms with van der Waals surface area (Å²) in [4.78, 5) is 28.3. The Bertz CT molecular complexity index is 753. The predicted molar refractivity (Wildman–Crippen MR) is 90.8 cm³/mol. The largest absolute Gasteiger partial charge is 0.505 e. The van der Waals surface area contributed by atoms with Crippen molar-refractivity contribution in [2.24, 2.45) is 0 Å². The van der Waals surface area contributed by atoms with Crippen molar-refractivity contribution in [3.8, 4) is 5.75 Å². The molecule has 124 valence electrons. The summed E-state index contributed by atoms with van der Waals surface area (Å²) in [5, 5.41) is 9.95. The summed E-state index contributed by atoms with van der Waals surface area (Å²) < 4.78 is 0. The molecule has 0 unspecified atom stereocenters. The van der Waals surface area contributed by atoms with E-state index in [1.165, 1.54) is 0 Å². The van der Waals surface area contributed by atoms with Crippen LogP contribution in [0.2, 0.25) is 0 Å². The first-order chi connectivity index (χ1) is 11.6. The maximum atomic E-state index is 12.5. The van der Waals surface area contributed by atoms with Gasteiger partial charge in [0.15, 0.2) is 5.75 Å². The van der Waals surface area contributed by atoms with Gasteiger partial charge in [-0.25, -0.2) is 0 Å². The number of anilines is 1. The van der Waals surface area contributed by atoms with Crippen LogP contribution in [-0.2, 0) is 0 Å². The van der Waals surface area contributed by atoms with Gasteiger partial charge in [0.05, 0.1) is 11.3 Å². The quantitative estimate of drug-likeness (QED) is 0.648. The van der Waals surface area contributed by atoms with Gasteiger partial charge in [-0.2, -0.15) is 0 Å². The normalized spacial score (nSPS) is 14.5. The van der Waals surface area contributed by atoms with Crippen molar-refractivity contribution in [3.05, 3.63) is 59.7 Å². The van der Waals surface area contributed by atoms with Crippen LogP contribution in [0.4, 0.5) is 5.69 Å². The average molecular weight is 325 g/mol. The molecule has 0 aromatic heterocycles. The lowest BCUT2D eigenvalue weighted by atomic mass is 10.1. The molecule has 0 bridgehead atoms. The van der Waals surface area contributed by atoms with E-state index in [4.69, 9.17) is 5.73 Å². The zero-order valence-electron chi connectivity index (χ0n) is 13.2. The minimum Gasteiger partial charge on any atom is -0.505 e. The lowest BCUT2D eigenvalue weighted by Gasteiger charge is -2.35. The molecule has 0 saturated carbocycles. The highest BCUT2D eigenvalue weighted by Crippen LogP contribution is 2.26. The summed E-state index contributed by atoms with van der Waals surface area (Å²) in [7, 11) is 0. The fourth-order valence-corrected chi connectivity index (χ4v) is 2.78. The maximum absolute atomic E-state index is 12.5. The van der Waals surface area contributed by atoms with Crippen LogP contribution in [0, 0.1) is 0 Å². The summed E-state index contributed by atoms with van der Waals surface area (Å²) in [6, 6.07) is 13.8. The number of aromatic hydroxyl groups is 1. The second-order valence-corrected chi connectivity index (χ2v) is 5.69. The molecule has 2 amide bonds. The average Bonchev–Trinajstić information content (AvgIpc) is 2.64. The molecule has 0 aliphatic carbocycles. The van der Waals surface area contributed by atoms with Crippen molar-refractivity contribution in [2.45, 2.75) is 0 Å². The SMILES string of the molecule is Nc1cccc(C(=O)N2CCN(C(=O)c3ccccc3)CC2)c1O. The second kappa shape index (κ2) is 6.62. The lowest BCUT2D eigenvalue weighted by molar-refractivity contribution is 0.0534. The molecule has 0 spiro atoms. The van der Waals surface area contributed by atoms with Crippen molar-refractivity contribution in [3.63, 3.8) is 0 Å². The number of para-hydroxylation sites is 1. The molecular weight excluding hydrogens is 306 g/mol. The van der Waals surface area contributed by atoms with E-state index in [1.54, 1.807) is 40.1 Å². The van der Waals surface area contributed by atoms with E-state index in [2.05, 4.69) is 0 Å². The second-order valence-electron chi connectivity index (χ2n) is 5.69. The molecule has 1 aliphatic heterocycles. The number of nitrogens with two attached hydrogens (primary N) is 1. The molecule has 2 aromatic carbocycles. The summed E-state index contributed by atoms with van der Waals surface area (Å²) in [6.45, 7) is 1.77. The molecule has 1 fully saturated rings. The summed E-state index contributed by atoms with van der Waals surface area (Å²) in [6.07, 6.45) is 0. The maximum Gasteiger partial charge on any atom is 0.257 e. The van der Waals surface area contributed by atoms with E-state index >= 15 is 0 Å². The Morgan fingerprint density at radius 2 is 1.42 bits per heavy atom. The van der Waals surface area contributed by atoms with Crippen LogP contribution >= 0.6 is 0 Å². The molecule has 1 heterocycles. The predicted octanol–water partition coefficient (Wildman–Crippen LogP) is 1.57. The van der Waals surface area contributed by atoms with Gasteiger partial charge in [-0.1, -0.05) is 24.3 Å². The fourth-order valence-electron chi connectivity index (χ4n) is 2.78. The highest BCUT2D eigenvalue weighted by Gasteiger charge is 2.26. The van der Waals surface area contributed by atoms with Crippen LogP contribution in [0.25, 0.3) is 0 Å². The first-order valence-corrected chi connectivity index (χ1v) is 7.79. The van der Waals surface area contributed by atoms with Crippen molar-refractivity contribution in [2.75, 3.05) is 31.9 Å². The van der Waals surface area contributed by atoms with Crippen LogP contribution in [0.3, 0.4) is 0 Å². The highest BCUT2D eigenvalue weighted by atomic mass is 16.3. The zero-order valence-corrected chi connectivity index (χ0v) is 13.2. The Morgan fingerprint density at radius 3 is 2.04 bits per heavy atom.